The Hall–Kier alpha value is -2.75. The summed E-state index contributed by atoms with van der Waals surface area (Å²) in [4.78, 5) is 10.5. The van der Waals surface area contributed by atoms with Crippen LogP contribution >= 0.6 is 0 Å². The molecule has 20 heavy (non-hydrogen) atoms. The minimum absolute atomic E-state index is 0.120. The average Bonchev–Trinajstić information content (AvgIpc) is 2.48. The maximum Gasteiger partial charge on any atom is 0.270 e. The van der Waals surface area contributed by atoms with Gasteiger partial charge in [0.05, 0.1) is 10.3 Å². The van der Waals surface area contributed by atoms with E-state index < -0.39 is 0 Å². The van der Waals surface area contributed by atoms with Crippen LogP contribution in [0, 0.1) is 10.1 Å². The number of non-ortho nitro benzene ring substituents is 1. The van der Waals surface area contributed by atoms with Crippen LogP contribution < -0.4 is 4.57 Å². The molecule has 3 aromatic rings. The van der Waals surface area contributed by atoms with Crippen LogP contribution in [-0.2, 0) is 6.54 Å². The van der Waals surface area contributed by atoms with Crippen molar-refractivity contribution in [3.63, 3.8) is 0 Å². The Morgan fingerprint density at radius 2 is 1.80 bits per heavy atom. The average molecular weight is 265 g/mol. The molecule has 0 aliphatic carbocycles. The molecule has 2 aromatic carbocycles. The Kier molecular flexibility index (Phi) is 3.13. The Balaban J connectivity index is 2.06. The molecule has 0 amide bonds. The number of hydrogen-bond acceptors (Lipinski definition) is 2. The molecule has 0 aliphatic rings. The van der Waals surface area contributed by atoms with Gasteiger partial charge in [0.1, 0.15) is 0 Å². The predicted octanol–water partition coefficient (Wildman–Crippen LogP) is 3.08. The first-order valence-corrected chi connectivity index (χ1v) is 6.34. The van der Waals surface area contributed by atoms with Crippen LogP contribution in [0.4, 0.5) is 5.69 Å². The zero-order valence-electron chi connectivity index (χ0n) is 10.8. The van der Waals surface area contributed by atoms with Crippen molar-refractivity contribution in [1.82, 2.24) is 0 Å². The van der Waals surface area contributed by atoms with Gasteiger partial charge in [-0.1, -0.05) is 30.3 Å². The fourth-order valence-electron chi connectivity index (χ4n) is 2.30. The number of benzene rings is 2. The second-order valence-corrected chi connectivity index (χ2v) is 4.62. The van der Waals surface area contributed by atoms with Gasteiger partial charge in [0.2, 0.25) is 5.52 Å². The lowest BCUT2D eigenvalue weighted by Gasteiger charge is -2.01. The smallest absolute Gasteiger partial charge is 0.258 e. The predicted molar refractivity (Wildman–Crippen MR) is 76.3 cm³/mol. The molecule has 0 unspecified atom stereocenters. The molecule has 1 aromatic heterocycles. The van der Waals surface area contributed by atoms with Crippen LogP contribution in [0.3, 0.4) is 0 Å². The summed E-state index contributed by atoms with van der Waals surface area (Å²) in [7, 11) is 0. The van der Waals surface area contributed by atoms with Gasteiger partial charge in [-0.15, -0.1) is 0 Å². The molecule has 0 fully saturated rings. The fourth-order valence-corrected chi connectivity index (χ4v) is 2.30. The monoisotopic (exact) mass is 265 g/mol. The van der Waals surface area contributed by atoms with Crippen LogP contribution in [0.2, 0.25) is 0 Å². The molecule has 1 heterocycles. The third-order valence-electron chi connectivity index (χ3n) is 3.27. The highest BCUT2D eigenvalue weighted by molar-refractivity contribution is 5.78. The molecule has 0 N–H and O–H groups in total. The first-order chi connectivity index (χ1) is 9.74. The van der Waals surface area contributed by atoms with Crippen molar-refractivity contribution < 1.29 is 9.49 Å². The summed E-state index contributed by atoms with van der Waals surface area (Å²) in [5, 5.41) is 11.7. The van der Waals surface area contributed by atoms with E-state index in [0.717, 1.165) is 17.4 Å². The SMILES string of the molecule is O=[N+]([O-])c1ccc2c(ccc[n+]2Cc2ccccc2)c1. The highest BCUT2D eigenvalue weighted by Gasteiger charge is 2.13. The quantitative estimate of drug-likeness (QED) is 0.415. The van der Waals surface area contributed by atoms with Crippen LogP contribution in [-0.4, -0.2) is 4.92 Å². The summed E-state index contributed by atoms with van der Waals surface area (Å²) in [6.07, 6.45) is 1.99. The number of hydrogen-bond donors (Lipinski definition) is 0. The number of nitro groups is 1. The molecular weight excluding hydrogens is 252 g/mol. The van der Waals surface area contributed by atoms with Gasteiger partial charge in [0.15, 0.2) is 12.7 Å². The lowest BCUT2D eigenvalue weighted by molar-refractivity contribution is -0.662. The third kappa shape index (κ3) is 2.36. The Bertz CT molecular complexity index is 770. The summed E-state index contributed by atoms with van der Waals surface area (Å²) < 4.78 is 2.09. The van der Waals surface area contributed by atoms with E-state index >= 15 is 0 Å². The lowest BCUT2D eigenvalue weighted by Crippen LogP contribution is -2.34. The highest BCUT2D eigenvalue weighted by atomic mass is 16.6. The highest BCUT2D eigenvalue weighted by Crippen LogP contribution is 2.18. The van der Waals surface area contributed by atoms with E-state index in [1.807, 2.05) is 36.5 Å². The summed E-state index contributed by atoms with van der Waals surface area (Å²) in [5.41, 5.74) is 2.31. The van der Waals surface area contributed by atoms with Crippen molar-refractivity contribution in [3.8, 4) is 0 Å². The number of nitrogens with zero attached hydrogens (tertiary/aromatic N) is 2. The molecule has 4 nitrogen and oxygen atoms in total. The zero-order valence-corrected chi connectivity index (χ0v) is 10.8. The number of fused-ring (bicyclic) bond motifs is 1. The molecule has 0 atom stereocenters. The second kappa shape index (κ2) is 5.09. The van der Waals surface area contributed by atoms with Crippen LogP contribution in [0.15, 0.2) is 66.9 Å². The van der Waals surface area contributed by atoms with Gasteiger partial charge in [-0.3, -0.25) is 10.1 Å². The zero-order chi connectivity index (χ0) is 13.9. The Morgan fingerprint density at radius 3 is 2.55 bits per heavy atom. The summed E-state index contributed by atoms with van der Waals surface area (Å²) in [6, 6.07) is 18.9. The van der Waals surface area contributed by atoms with E-state index in [1.165, 1.54) is 5.56 Å². The second-order valence-electron chi connectivity index (χ2n) is 4.62. The largest absolute Gasteiger partial charge is 0.270 e. The maximum atomic E-state index is 10.8. The number of aromatic nitrogens is 1. The number of rotatable bonds is 3. The van der Waals surface area contributed by atoms with E-state index in [2.05, 4.69) is 16.7 Å². The van der Waals surface area contributed by atoms with Crippen molar-refractivity contribution in [2.75, 3.05) is 0 Å². The van der Waals surface area contributed by atoms with E-state index in [0.29, 0.717) is 0 Å². The van der Waals surface area contributed by atoms with Gasteiger partial charge >= 0.3 is 0 Å². The Morgan fingerprint density at radius 1 is 1.00 bits per heavy atom. The number of nitro benzene ring substituents is 1. The fraction of sp³-hybridized carbons (Fsp3) is 0.0625. The van der Waals surface area contributed by atoms with Crippen molar-refractivity contribution in [2.45, 2.75) is 6.54 Å². The van der Waals surface area contributed by atoms with E-state index in [4.69, 9.17) is 0 Å². The van der Waals surface area contributed by atoms with E-state index in [-0.39, 0.29) is 10.6 Å². The number of pyridine rings is 1. The van der Waals surface area contributed by atoms with Gasteiger partial charge in [0.25, 0.3) is 5.69 Å². The minimum atomic E-state index is -0.367. The normalized spacial score (nSPS) is 10.6. The first kappa shape index (κ1) is 12.3. The summed E-state index contributed by atoms with van der Waals surface area (Å²) >= 11 is 0. The van der Waals surface area contributed by atoms with Crippen molar-refractivity contribution in [1.29, 1.82) is 0 Å². The third-order valence-corrected chi connectivity index (χ3v) is 3.27. The standard InChI is InChI=1S/C16H13N2O2/c19-18(20)15-8-9-16-14(11-15)7-4-10-17(16)12-13-5-2-1-3-6-13/h1-11H,12H2/q+1. The van der Waals surface area contributed by atoms with Gasteiger partial charge in [-0.2, -0.15) is 4.57 Å². The van der Waals surface area contributed by atoms with Gasteiger partial charge in [-0.05, 0) is 6.07 Å². The van der Waals surface area contributed by atoms with E-state index in [1.54, 1.807) is 18.2 Å². The van der Waals surface area contributed by atoms with E-state index in [9.17, 15) is 10.1 Å². The minimum Gasteiger partial charge on any atom is -0.258 e. The van der Waals surface area contributed by atoms with Crippen molar-refractivity contribution >= 4 is 16.6 Å². The molecule has 98 valence electrons. The summed E-state index contributed by atoms with van der Waals surface area (Å²) in [6.45, 7) is 0.746. The van der Waals surface area contributed by atoms with Gasteiger partial charge < -0.3 is 0 Å². The summed E-state index contributed by atoms with van der Waals surface area (Å²) in [5.74, 6) is 0. The molecule has 3 rings (SSSR count). The molecule has 0 spiro atoms. The molecule has 0 saturated heterocycles. The molecule has 0 saturated carbocycles. The molecule has 0 bridgehead atoms. The molecule has 4 heteroatoms. The molecular formula is C16H13N2O2+. The van der Waals surface area contributed by atoms with Crippen LogP contribution in [0.5, 0.6) is 0 Å². The lowest BCUT2D eigenvalue weighted by atomic mass is 10.1. The van der Waals surface area contributed by atoms with Crippen molar-refractivity contribution in [3.05, 3.63) is 82.5 Å². The van der Waals surface area contributed by atoms with Gasteiger partial charge in [-0.25, -0.2) is 0 Å². The Labute approximate surface area is 116 Å². The van der Waals surface area contributed by atoms with Crippen LogP contribution in [0.25, 0.3) is 10.9 Å². The molecule has 0 radical (unpaired) electrons. The molecule has 0 aliphatic heterocycles. The first-order valence-electron chi connectivity index (χ1n) is 6.34. The van der Waals surface area contributed by atoms with Crippen LogP contribution in [0.1, 0.15) is 5.56 Å². The van der Waals surface area contributed by atoms with Crippen molar-refractivity contribution in [2.24, 2.45) is 0 Å². The van der Waals surface area contributed by atoms with Gasteiger partial charge in [0, 0.05) is 29.8 Å². The maximum absolute atomic E-state index is 10.8. The topological polar surface area (TPSA) is 47.0 Å².